The summed E-state index contributed by atoms with van der Waals surface area (Å²) in [5, 5.41) is 7.43. The first-order valence-electron chi connectivity index (χ1n) is 10.4. The topological polar surface area (TPSA) is 67.2 Å². The number of rotatable bonds is 7. The summed E-state index contributed by atoms with van der Waals surface area (Å²) in [5.74, 6) is -0.252. The van der Waals surface area contributed by atoms with Gasteiger partial charge in [-0.05, 0) is 70.2 Å². The Balaban J connectivity index is 1.69. The minimum atomic E-state index is -0.242. The highest BCUT2D eigenvalue weighted by atomic mass is 16.2. The van der Waals surface area contributed by atoms with E-state index in [0.29, 0.717) is 24.3 Å². The fraction of sp³-hybridized carbons (Fsp3) is 0.240. The molecule has 6 heteroatoms. The van der Waals surface area contributed by atoms with Crippen LogP contribution in [0.5, 0.6) is 0 Å². The maximum atomic E-state index is 12.4. The molecule has 6 nitrogen and oxygen atoms in total. The summed E-state index contributed by atoms with van der Waals surface area (Å²) in [4.78, 5) is 26.6. The van der Waals surface area contributed by atoms with E-state index in [-0.39, 0.29) is 11.8 Å². The number of aromatic nitrogens is 2. The molecule has 0 aliphatic carbocycles. The van der Waals surface area contributed by atoms with E-state index in [1.807, 2.05) is 62.7 Å². The van der Waals surface area contributed by atoms with Crippen molar-refractivity contribution in [3.63, 3.8) is 0 Å². The highest BCUT2D eigenvalue weighted by Gasteiger charge is 2.13. The predicted molar refractivity (Wildman–Crippen MR) is 124 cm³/mol. The van der Waals surface area contributed by atoms with Crippen molar-refractivity contribution in [1.82, 2.24) is 14.7 Å². The van der Waals surface area contributed by atoms with E-state index in [1.54, 1.807) is 35.2 Å². The van der Waals surface area contributed by atoms with Gasteiger partial charge >= 0.3 is 0 Å². The molecule has 0 unspecified atom stereocenters. The first kappa shape index (κ1) is 22.0. The van der Waals surface area contributed by atoms with Crippen LogP contribution in [0.2, 0.25) is 0 Å². The molecule has 3 aromatic rings. The van der Waals surface area contributed by atoms with Crippen molar-refractivity contribution in [3.05, 3.63) is 83.2 Å². The van der Waals surface area contributed by atoms with E-state index in [2.05, 4.69) is 10.4 Å². The van der Waals surface area contributed by atoms with Gasteiger partial charge in [-0.25, -0.2) is 4.68 Å². The lowest BCUT2D eigenvalue weighted by atomic mass is 10.1. The Morgan fingerprint density at radius 3 is 2.26 bits per heavy atom. The van der Waals surface area contributed by atoms with Gasteiger partial charge in [0.1, 0.15) is 0 Å². The normalized spacial score (nSPS) is 11.0. The second kappa shape index (κ2) is 9.89. The Morgan fingerprint density at radius 2 is 1.65 bits per heavy atom. The lowest BCUT2D eigenvalue weighted by Gasteiger charge is -2.18. The third kappa shape index (κ3) is 5.09. The molecule has 1 aromatic heterocycles. The first-order valence-corrected chi connectivity index (χ1v) is 10.4. The van der Waals surface area contributed by atoms with Crippen molar-refractivity contribution in [1.29, 1.82) is 0 Å². The molecule has 0 saturated heterocycles. The molecule has 160 valence electrons. The fourth-order valence-electron chi connectivity index (χ4n) is 3.45. The Morgan fingerprint density at radius 1 is 1.00 bits per heavy atom. The van der Waals surface area contributed by atoms with Crippen molar-refractivity contribution in [3.8, 4) is 5.69 Å². The summed E-state index contributed by atoms with van der Waals surface area (Å²) in [6.45, 7) is 9.15. The number of amides is 2. The summed E-state index contributed by atoms with van der Waals surface area (Å²) < 4.78 is 1.87. The molecule has 0 aliphatic rings. The standard InChI is InChI=1S/C25H28N4O2/c1-5-28(6-2)25(31)20-12-14-21(15-13-20)26-24(30)17-16-23-18(3)27-29(19(23)4)22-10-8-7-9-11-22/h7-17H,5-6H2,1-4H3,(H,26,30)/b17-16+. The van der Waals surface area contributed by atoms with Crippen LogP contribution in [0.1, 0.15) is 41.2 Å². The maximum absolute atomic E-state index is 12.4. The number of benzene rings is 2. The van der Waals surface area contributed by atoms with Gasteiger partial charge in [-0.15, -0.1) is 0 Å². The Hall–Kier alpha value is -3.67. The lowest BCUT2D eigenvalue weighted by Crippen LogP contribution is -2.30. The molecule has 3 rings (SSSR count). The highest BCUT2D eigenvalue weighted by Crippen LogP contribution is 2.19. The smallest absolute Gasteiger partial charge is 0.253 e. The summed E-state index contributed by atoms with van der Waals surface area (Å²) in [6, 6.07) is 16.8. The molecule has 0 spiro atoms. The van der Waals surface area contributed by atoms with Crippen LogP contribution in [0.4, 0.5) is 5.69 Å². The molecule has 31 heavy (non-hydrogen) atoms. The summed E-state index contributed by atoms with van der Waals surface area (Å²) >= 11 is 0. The van der Waals surface area contributed by atoms with Crippen LogP contribution in [0.25, 0.3) is 11.8 Å². The van der Waals surface area contributed by atoms with E-state index in [0.717, 1.165) is 22.6 Å². The van der Waals surface area contributed by atoms with Crippen LogP contribution in [0.3, 0.4) is 0 Å². The molecule has 0 fully saturated rings. The molecule has 2 amide bonds. The second-order valence-corrected chi connectivity index (χ2v) is 7.21. The van der Waals surface area contributed by atoms with Gasteiger partial charge in [0, 0.05) is 41.7 Å². The zero-order valence-electron chi connectivity index (χ0n) is 18.4. The molecular formula is C25H28N4O2. The van der Waals surface area contributed by atoms with Gasteiger partial charge in [-0.3, -0.25) is 9.59 Å². The number of carbonyl (C=O) groups excluding carboxylic acids is 2. The van der Waals surface area contributed by atoms with Crippen LogP contribution in [-0.4, -0.2) is 39.6 Å². The number of hydrogen-bond acceptors (Lipinski definition) is 3. The van der Waals surface area contributed by atoms with E-state index < -0.39 is 0 Å². The van der Waals surface area contributed by atoms with Crippen LogP contribution < -0.4 is 5.32 Å². The van der Waals surface area contributed by atoms with E-state index in [1.165, 1.54) is 6.08 Å². The van der Waals surface area contributed by atoms with Crippen LogP contribution in [-0.2, 0) is 4.79 Å². The maximum Gasteiger partial charge on any atom is 0.253 e. The quantitative estimate of drug-likeness (QED) is 0.572. The Bertz CT molecular complexity index is 1080. The van der Waals surface area contributed by atoms with Gasteiger partial charge in [0.15, 0.2) is 0 Å². The number of para-hydroxylation sites is 1. The minimum absolute atomic E-state index is 0.0100. The molecule has 0 atom stereocenters. The van der Waals surface area contributed by atoms with Gasteiger partial charge in [0.25, 0.3) is 5.91 Å². The van der Waals surface area contributed by atoms with E-state index in [4.69, 9.17) is 0 Å². The van der Waals surface area contributed by atoms with Crippen molar-refractivity contribution in [2.45, 2.75) is 27.7 Å². The van der Waals surface area contributed by atoms with Gasteiger partial charge in [-0.1, -0.05) is 18.2 Å². The van der Waals surface area contributed by atoms with Crippen LogP contribution in [0, 0.1) is 13.8 Å². The summed E-state index contributed by atoms with van der Waals surface area (Å²) in [5.41, 5.74) is 4.96. The monoisotopic (exact) mass is 416 g/mol. The minimum Gasteiger partial charge on any atom is -0.339 e. The molecule has 2 aromatic carbocycles. The van der Waals surface area contributed by atoms with Gasteiger partial charge in [-0.2, -0.15) is 5.10 Å². The Kier molecular flexibility index (Phi) is 7.03. The van der Waals surface area contributed by atoms with Crippen molar-refractivity contribution in [2.75, 3.05) is 18.4 Å². The van der Waals surface area contributed by atoms with Gasteiger partial charge < -0.3 is 10.2 Å². The van der Waals surface area contributed by atoms with Crippen LogP contribution >= 0.6 is 0 Å². The first-order chi connectivity index (χ1) is 14.9. The molecule has 0 aliphatic heterocycles. The van der Waals surface area contributed by atoms with Crippen molar-refractivity contribution >= 4 is 23.6 Å². The predicted octanol–water partition coefficient (Wildman–Crippen LogP) is 4.62. The molecular weight excluding hydrogens is 388 g/mol. The average molecular weight is 417 g/mol. The van der Waals surface area contributed by atoms with E-state index in [9.17, 15) is 9.59 Å². The SMILES string of the molecule is CCN(CC)C(=O)c1ccc(NC(=O)/C=C/c2c(C)nn(-c3ccccc3)c2C)cc1. The molecule has 0 bridgehead atoms. The number of nitrogens with one attached hydrogen (secondary N) is 1. The number of nitrogens with zero attached hydrogens (tertiary/aromatic N) is 3. The van der Waals surface area contributed by atoms with Gasteiger partial charge in [0.05, 0.1) is 11.4 Å². The molecule has 0 radical (unpaired) electrons. The Labute approximate surface area is 183 Å². The third-order valence-electron chi connectivity index (χ3n) is 5.20. The molecule has 0 saturated carbocycles. The highest BCUT2D eigenvalue weighted by molar-refractivity contribution is 6.02. The number of anilines is 1. The zero-order chi connectivity index (χ0) is 22.4. The summed E-state index contributed by atoms with van der Waals surface area (Å²) in [6.07, 6.45) is 3.28. The number of aryl methyl sites for hydroxylation is 1. The van der Waals surface area contributed by atoms with Crippen molar-refractivity contribution < 1.29 is 9.59 Å². The molecule has 1 heterocycles. The second-order valence-electron chi connectivity index (χ2n) is 7.21. The molecule has 1 N–H and O–H groups in total. The average Bonchev–Trinajstić information content (AvgIpc) is 3.07. The number of carbonyl (C=O) groups is 2. The van der Waals surface area contributed by atoms with Gasteiger partial charge in [0.2, 0.25) is 5.91 Å². The lowest BCUT2D eigenvalue weighted by molar-refractivity contribution is -0.111. The van der Waals surface area contributed by atoms with Crippen LogP contribution in [0.15, 0.2) is 60.7 Å². The van der Waals surface area contributed by atoms with E-state index >= 15 is 0 Å². The largest absolute Gasteiger partial charge is 0.339 e. The zero-order valence-corrected chi connectivity index (χ0v) is 18.4. The number of hydrogen-bond donors (Lipinski definition) is 1. The summed E-state index contributed by atoms with van der Waals surface area (Å²) in [7, 11) is 0. The third-order valence-corrected chi connectivity index (χ3v) is 5.20. The fourth-order valence-corrected chi connectivity index (χ4v) is 3.45. The van der Waals surface area contributed by atoms with Crippen molar-refractivity contribution in [2.24, 2.45) is 0 Å².